The van der Waals surface area contributed by atoms with Crippen LogP contribution >= 0.6 is 0 Å². The Morgan fingerprint density at radius 1 is 1.11 bits per heavy atom. The Labute approximate surface area is 170 Å². The number of nitrogens with zero attached hydrogens (tertiary/aromatic N) is 3. The first-order valence-electron chi connectivity index (χ1n) is 10.5. The van der Waals surface area contributed by atoms with Crippen LogP contribution in [-0.2, 0) is 16.4 Å². The lowest BCUT2D eigenvalue weighted by Crippen LogP contribution is -2.41. The molecule has 0 saturated carbocycles. The van der Waals surface area contributed by atoms with Crippen molar-refractivity contribution in [1.29, 1.82) is 0 Å². The number of piperidine rings is 1. The second-order valence-electron chi connectivity index (χ2n) is 8.09. The normalized spacial score (nSPS) is 22.6. The topological polar surface area (TPSA) is 65.0 Å². The number of aliphatic imine (C=N–C) groups is 1. The number of nitrogens with one attached hydrogen (secondary N) is 1. The van der Waals surface area contributed by atoms with Gasteiger partial charge >= 0.3 is 0 Å². The number of hydrogen-bond donors (Lipinski definition) is 1. The molecule has 2 fully saturated rings. The summed E-state index contributed by atoms with van der Waals surface area (Å²) >= 11 is 0. The van der Waals surface area contributed by atoms with E-state index in [4.69, 9.17) is 4.99 Å². The zero-order valence-corrected chi connectivity index (χ0v) is 18.0. The van der Waals surface area contributed by atoms with E-state index in [1.807, 2.05) is 0 Å². The highest BCUT2D eigenvalue weighted by atomic mass is 32.2. The fourth-order valence-electron chi connectivity index (χ4n) is 4.20. The molecule has 0 amide bonds. The maximum Gasteiger partial charge on any atom is 0.211 e. The summed E-state index contributed by atoms with van der Waals surface area (Å²) in [5.74, 6) is 2.15. The zero-order valence-electron chi connectivity index (χ0n) is 17.2. The van der Waals surface area contributed by atoms with Crippen molar-refractivity contribution in [3.63, 3.8) is 0 Å². The van der Waals surface area contributed by atoms with Crippen LogP contribution in [0.25, 0.3) is 0 Å². The predicted octanol–water partition coefficient (Wildman–Crippen LogP) is 2.19. The molecular weight excluding hydrogens is 372 g/mol. The van der Waals surface area contributed by atoms with E-state index < -0.39 is 10.0 Å². The summed E-state index contributed by atoms with van der Waals surface area (Å²) in [5.41, 5.74) is 1.41. The van der Waals surface area contributed by atoms with E-state index in [1.165, 1.54) is 18.2 Å². The molecule has 1 aromatic carbocycles. The van der Waals surface area contributed by atoms with Gasteiger partial charge in [0.1, 0.15) is 0 Å². The number of likely N-dealkylation sites (tertiary alicyclic amines) is 1. The SMILES string of the molecule is CCNC(=NCC1CCN(S(C)(=O)=O)CC1)N1CCC(Cc2ccccc2)C1. The van der Waals surface area contributed by atoms with E-state index in [9.17, 15) is 8.42 Å². The Kier molecular flexibility index (Phi) is 7.35. The highest BCUT2D eigenvalue weighted by molar-refractivity contribution is 7.88. The van der Waals surface area contributed by atoms with Crippen molar-refractivity contribution in [2.45, 2.75) is 32.6 Å². The third-order valence-corrected chi connectivity index (χ3v) is 7.13. The van der Waals surface area contributed by atoms with Crippen LogP contribution in [0, 0.1) is 11.8 Å². The smallest absolute Gasteiger partial charge is 0.211 e. The van der Waals surface area contributed by atoms with E-state index in [-0.39, 0.29) is 0 Å². The van der Waals surface area contributed by atoms with Gasteiger partial charge in [0.25, 0.3) is 0 Å². The molecule has 0 aromatic heterocycles. The van der Waals surface area contributed by atoms with Crippen LogP contribution in [0.1, 0.15) is 31.7 Å². The van der Waals surface area contributed by atoms with Gasteiger partial charge in [0, 0.05) is 39.3 Å². The Balaban J connectivity index is 1.52. The molecule has 1 N–H and O–H groups in total. The minimum absolute atomic E-state index is 0.467. The first-order chi connectivity index (χ1) is 13.5. The van der Waals surface area contributed by atoms with Crippen LogP contribution in [0.3, 0.4) is 0 Å². The van der Waals surface area contributed by atoms with E-state index in [1.54, 1.807) is 4.31 Å². The van der Waals surface area contributed by atoms with Gasteiger partial charge in [-0.05, 0) is 50.0 Å². The second kappa shape index (κ2) is 9.74. The van der Waals surface area contributed by atoms with Gasteiger partial charge in [-0.15, -0.1) is 0 Å². The predicted molar refractivity (Wildman–Crippen MR) is 115 cm³/mol. The number of hydrogen-bond acceptors (Lipinski definition) is 3. The highest BCUT2D eigenvalue weighted by Gasteiger charge is 2.27. The average molecular weight is 407 g/mol. The lowest BCUT2D eigenvalue weighted by atomic mass is 9.98. The number of benzene rings is 1. The first-order valence-corrected chi connectivity index (χ1v) is 12.3. The summed E-state index contributed by atoms with van der Waals surface area (Å²) in [4.78, 5) is 7.30. The molecule has 2 aliphatic rings. The van der Waals surface area contributed by atoms with Gasteiger partial charge in [0.05, 0.1) is 6.26 Å². The van der Waals surface area contributed by atoms with Gasteiger partial charge in [-0.3, -0.25) is 4.99 Å². The Bertz CT molecular complexity index is 743. The van der Waals surface area contributed by atoms with E-state index in [0.717, 1.165) is 51.4 Å². The molecule has 1 atom stereocenters. The van der Waals surface area contributed by atoms with Crippen LogP contribution in [0.2, 0.25) is 0 Å². The fourth-order valence-corrected chi connectivity index (χ4v) is 5.08. The van der Waals surface area contributed by atoms with Crippen molar-refractivity contribution in [3.05, 3.63) is 35.9 Å². The standard InChI is InChI=1S/C21H34N4O2S/c1-3-22-21(23-16-19-10-13-25(14-11-19)28(2,26)27)24-12-9-20(17-24)15-18-7-5-4-6-8-18/h4-8,19-20H,3,9-17H2,1-2H3,(H,22,23). The molecule has 1 aromatic rings. The third-order valence-electron chi connectivity index (χ3n) is 5.83. The molecule has 6 nitrogen and oxygen atoms in total. The van der Waals surface area contributed by atoms with Gasteiger partial charge in [0.15, 0.2) is 5.96 Å². The van der Waals surface area contributed by atoms with Crippen LogP contribution in [0.15, 0.2) is 35.3 Å². The van der Waals surface area contributed by atoms with Crippen LogP contribution < -0.4 is 5.32 Å². The van der Waals surface area contributed by atoms with Crippen molar-refractivity contribution >= 4 is 16.0 Å². The molecule has 3 rings (SSSR count). The van der Waals surface area contributed by atoms with Crippen LogP contribution in [-0.4, -0.2) is 69.1 Å². The lowest BCUT2D eigenvalue weighted by molar-refractivity contribution is 0.279. The van der Waals surface area contributed by atoms with Crippen molar-refractivity contribution in [3.8, 4) is 0 Å². The molecule has 2 aliphatic heterocycles. The Hall–Kier alpha value is -1.60. The number of guanidine groups is 1. The van der Waals surface area contributed by atoms with Crippen molar-refractivity contribution in [1.82, 2.24) is 14.5 Å². The van der Waals surface area contributed by atoms with E-state index in [2.05, 4.69) is 47.5 Å². The molecular formula is C21H34N4O2S. The molecule has 156 valence electrons. The molecule has 2 saturated heterocycles. The van der Waals surface area contributed by atoms with E-state index >= 15 is 0 Å². The van der Waals surface area contributed by atoms with Gasteiger partial charge < -0.3 is 10.2 Å². The summed E-state index contributed by atoms with van der Waals surface area (Å²) in [6.45, 7) is 7.10. The summed E-state index contributed by atoms with van der Waals surface area (Å²) in [6.07, 6.45) is 5.42. The molecule has 2 heterocycles. The third kappa shape index (κ3) is 5.95. The molecule has 0 spiro atoms. The largest absolute Gasteiger partial charge is 0.357 e. The lowest BCUT2D eigenvalue weighted by Gasteiger charge is -2.30. The van der Waals surface area contributed by atoms with Crippen molar-refractivity contribution in [2.75, 3.05) is 45.5 Å². The van der Waals surface area contributed by atoms with Gasteiger partial charge in [-0.2, -0.15) is 0 Å². The molecule has 0 radical (unpaired) electrons. The quantitative estimate of drug-likeness (QED) is 0.581. The van der Waals surface area contributed by atoms with Gasteiger partial charge in [0.2, 0.25) is 10.0 Å². The zero-order chi connectivity index (χ0) is 20.0. The molecule has 1 unspecified atom stereocenters. The Morgan fingerprint density at radius 2 is 1.79 bits per heavy atom. The number of rotatable bonds is 6. The van der Waals surface area contributed by atoms with Crippen LogP contribution in [0.5, 0.6) is 0 Å². The monoisotopic (exact) mass is 406 g/mol. The van der Waals surface area contributed by atoms with Crippen molar-refractivity contribution < 1.29 is 8.42 Å². The molecule has 0 bridgehead atoms. The average Bonchev–Trinajstić information content (AvgIpc) is 3.14. The summed E-state index contributed by atoms with van der Waals surface area (Å²) in [7, 11) is -3.06. The summed E-state index contributed by atoms with van der Waals surface area (Å²) in [5, 5.41) is 3.45. The number of sulfonamides is 1. The fraction of sp³-hybridized carbons (Fsp3) is 0.667. The minimum atomic E-state index is -3.06. The highest BCUT2D eigenvalue weighted by Crippen LogP contribution is 2.22. The van der Waals surface area contributed by atoms with Crippen LogP contribution in [0.4, 0.5) is 0 Å². The Morgan fingerprint density at radius 3 is 2.43 bits per heavy atom. The van der Waals surface area contributed by atoms with Gasteiger partial charge in [-0.1, -0.05) is 30.3 Å². The maximum atomic E-state index is 11.7. The van der Waals surface area contributed by atoms with E-state index in [0.29, 0.717) is 24.9 Å². The van der Waals surface area contributed by atoms with Gasteiger partial charge in [-0.25, -0.2) is 12.7 Å². The summed E-state index contributed by atoms with van der Waals surface area (Å²) < 4.78 is 24.9. The summed E-state index contributed by atoms with van der Waals surface area (Å²) in [6, 6.07) is 10.7. The molecule has 0 aliphatic carbocycles. The maximum absolute atomic E-state index is 11.7. The van der Waals surface area contributed by atoms with Crippen molar-refractivity contribution in [2.24, 2.45) is 16.8 Å². The minimum Gasteiger partial charge on any atom is -0.357 e. The molecule has 7 heteroatoms. The second-order valence-corrected chi connectivity index (χ2v) is 10.1. The molecule has 28 heavy (non-hydrogen) atoms. The first kappa shape index (κ1) is 21.1.